The second-order valence-corrected chi connectivity index (χ2v) is 4.74. The summed E-state index contributed by atoms with van der Waals surface area (Å²) in [6.07, 6.45) is 1.55. The Hall–Kier alpha value is -2.62. The Kier molecular flexibility index (Phi) is 2.79. The van der Waals surface area contributed by atoms with Gasteiger partial charge in [-0.25, -0.2) is 9.78 Å². The van der Waals surface area contributed by atoms with E-state index >= 15 is 0 Å². The number of pyridine rings is 1. The molecule has 2 heterocycles. The molecule has 2 aromatic heterocycles. The molecule has 0 saturated carbocycles. The van der Waals surface area contributed by atoms with Gasteiger partial charge in [-0.05, 0) is 43.2 Å². The second kappa shape index (κ2) is 4.49. The molecule has 0 saturated heterocycles. The average Bonchev–Trinajstić information content (AvgIpc) is 2.96. The first-order valence-electron chi connectivity index (χ1n) is 6.26. The number of carboxylic acid groups (broad SMARTS) is 1. The van der Waals surface area contributed by atoms with Crippen molar-refractivity contribution >= 4 is 16.9 Å². The number of furan rings is 1. The standard InChI is InChI=1S/C16H13NO3/c1-9-5-6-11-12(16(18)19)8-13(14-4-3-7-20-14)17-15(11)10(9)2/h3-8H,1-2H3,(H,18,19). The smallest absolute Gasteiger partial charge is 0.336 e. The van der Waals surface area contributed by atoms with Crippen molar-refractivity contribution < 1.29 is 14.3 Å². The lowest BCUT2D eigenvalue weighted by molar-refractivity contribution is 0.0699. The molecule has 3 aromatic rings. The van der Waals surface area contributed by atoms with Gasteiger partial charge in [-0.2, -0.15) is 0 Å². The van der Waals surface area contributed by atoms with Crippen molar-refractivity contribution in [2.75, 3.05) is 0 Å². The van der Waals surface area contributed by atoms with E-state index in [0.717, 1.165) is 11.1 Å². The third-order valence-electron chi connectivity index (χ3n) is 3.51. The molecule has 0 fully saturated rings. The zero-order valence-electron chi connectivity index (χ0n) is 11.2. The first-order valence-corrected chi connectivity index (χ1v) is 6.26. The van der Waals surface area contributed by atoms with Crippen LogP contribution >= 0.6 is 0 Å². The van der Waals surface area contributed by atoms with Crippen molar-refractivity contribution in [1.82, 2.24) is 4.98 Å². The third kappa shape index (κ3) is 1.86. The van der Waals surface area contributed by atoms with Crippen LogP contribution in [0.4, 0.5) is 0 Å². The van der Waals surface area contributed by atoms with E-state index in [4.69, 9.17) is 4.42 Å². The highest BCUT2D eigenvalue weighted by Gasteiger charge is 2.15. The zero-order valence-corrected chi connectivity index (χ0v) is 11.2. The maximum atomic E-state index is 11.5. The number of aromatic carboxylic acids is 1. The van der Waals surface area contributed by atoms with Crippen molar-refractivity contribution in [3.63, 3.8) is 0 Å². The average molecular weight is 267 g/mol. The number of benzene rings is 1. The van der Waals surface area contributed by atoms with Gasteiger partial charge in [-0.15, -0.1) is 0 Å². The Labute approximate surface area is 115 Å². The van der Waals surface area contributed by atoms with Crippen molar-refractivity contribution in [1.29, 1.82) is 0 Å². The molecule has 0 unspecified atom stereocenters. The number of aryl methyl sites for hydroxylation is 2. The maximum absolute atomic E-state index is 11.5. The molecule has 0 bridgehead atoms. The van der Waals surface area contributed by atoms with Crippen molar-refractivity contribution in [3.05, 3.63) is 53.3 Å². The summed E-state index contributed by atoms with van der Waals surface area (Å²) in [5, 5.41) is 10.1. The van der Waals surface area contributed by atoms with Gasteiger partial charge in [0.25, 0.3) is 0 Å². The van der Waals surface area contributed by atoms with E-state index in [-0.39, 0.29) is 5.56 Å². The maximum Gasteiger partial charge on any atom is 0.336 e. The van der Waals surface area contributed by atoms with Gasteiger partial charge in [-0.3, -0.25) is 0 Å². The number of rotatable bonds is 2. The molecule has 3 rings (SSSR count). The molecule has 0 aliphatic heterocycles. The third-order valence-corrected chi connectivity index (χ3v) is 3.51. The lowest BCUT2D eigenvalue weighted by Crippen LogP contribution is -2.01. The Bertz CT molecular complexity index is 804. The molecule has 4 heteroatoms. The minimum Gasteiger partial charge on any atom is -0.478 e. The van der Waals surface area contributed by atoms with Crippen LogP contribution in [0.15, 0.2) is 41.0 Å². The number of fused-ring (bicyclic) bond motifs is 1. The molecular weight excluding hydrogens is 254 g/mol. The monoisotopic (exact) mass is 267 g/mol. The van der Waals surface area contributed by atoms with E-state index in [0.29, 0.717) is 22.4 Å². The molecule has 4 nitrogen and oxygen atoms in total. The molecule has 100 valence electrons. The van der Waals surface area contributed by atoms with Crippen molar-refractivity contribution in [2.24, 2.45) is 0 Å². The van der Waals surface area contributed by atoms with E-state index in [2.05, 4.69) is 4.98 Å². The molecular formula is C16H13NO3. The zero-order chi connectivity index (χ0) is 14.3. The van der Waals surface area contributed by atoms with Gasteiger partial charge in [-0.1, -0.05) is 12.1 Å². The summed E-state index contributed by atoms with van der Waals surface area (Å²) < 4.78 is 5.32. The minimum atomic E-state index is -0.964. The molecule has 1 aromatic carbocycles. The van der Waals surface area contributed by atoms with E-state index in [1.165, 1.54) is 0 Å². The van der Waals surface area contributed by atoms with Crippen LogP contribution in [0.25, 0.3) is 22.4 Å². The van der Waals surface area contributed by atoms with Crippen molar-refractivity contribution in [3.8, 4) is 11.5 Å². The van der Waals surface area contributed by atoms with Gasteiger partial charge in [0.2, 0.25) is 0 Å². The lowest BCUT2D eigenvalue weighted by atomic mass is 10.0. The second-order valence-electron chi connectivity index (χ2n) is 4.74. The van der Waals surface area contributed by atoms with Crippen LogP contribution in [0.5, 0.6) is 0 Å². The molecule has 0 aliphatic carbocycles. The van der Waals surface area contributed by atoms with Crippen LogP contribution in [-0.2, 0) is 0 Å². The predicted octanol–water partition coefficient (Wildman–Crippen LogP) is 3.81. The predicted molar refractivity (Wildman–Crippen MR) is 75.9 cm³/mol. The Morgan fingerprint density at radius 2 is 2.05 bits per heavy atom. The molecule has 20 heavy (non-hydrogen) atoms. The summed E-state index contributed by atoms with van der Waals surface area (Å²) in [6.45, 7) is 3.93. The van der Waals surface area contributed by atoms with Gasteiger partial charge in [0.15, 0.2) is 5.76 Å². The van der Waals surface area contributed by atoms with Crippen molar-refractivity contribution in [2.45, 2.75) is 13.8 Å². The fraction of sp³-hybridized carbons (Fsp3) is 0.125. The van der Waals surface area contributed by atoms with Crippen LogP contribution in [0, 0.1) is 13.8 Å². The van der Waals surface area contributed by atoms with E-state index < -0.39 is 5.97 Å². The largest absolute Gasteiger partial charge is 0.478 e. The van der Waals surface area contributed by atoms with E-state index in [1.807, 2.05) is 19.9 Å². The van der Waals surface area contributed by atoms with Crippen LogP contribution in [0.2, 0.25) is 0 Å². The summed E-state index contributed by atoms with van der Waals surface area (Å²) >= 11 is 0. The normalized spacial score (nSPS) is 10.9. The van der Waals surface area contributed by atoms with Crippen LogP contribution in [-0.4, -0.2) is 16.1 Å². The van der Waals surface area contributed by atoms with E-state index in [9.17, 15) is 9.90 Å². The summed E-state index contributed by atoms with van der Waals surface area (Å²) in [4.78, 5) is 16.0. The Balaban J connectivity index is 2.41. The molecule has 0 aliphatic rings. The van der Waals surface area contributed by atoms with Gasteiger partial charge >= 0.3 is 5.97 Å². The van der Waals surface area contributed by atoms with Crippen LogP contribution < -0.4 is 0 Å². The number of nitrogens with zero attached hydrogens (tertiary/aromatic N) is 1. The Morgan fingerprint density at radius 1 is 1.25 bits per heavy atom. The fourth-order valence-corrected chi connectivity index (χ4v) is 2.26. The lowest BCUT2D eigenvalue weighted by Gasteiger charge is -2.09. The summed E-state index contributed by atoms with van der Waals surface area (Å²) in [6, 6.07) is 8.80. The number of aromatic nitrogens is 1. The van der Waals surface area contributed by atoms with E-state index in [1.54, 1.807) is 30.5 Å². The topological polar surface area (TPSA) is 63.3 Å². The van der Waals surface area contributed by atoms with Crippen LogP contribution in [0.1, 0.15) is 21.5 Å². The number of carbonyl (C=O) groups is 1. The molecule has 0 amide bonds. The minimum absolute atomic E-state index is 0.240. The molecule has 0 radical (unpaired) electrons. The van der Waals surface area contributed by atoms with Gasteiger partial charge in [0.05, 0.1) is 17.3 Å². The summed E-state index contributed by atoms with van der Waals surface area (Å²) in [5.74, 6) is -0.399. The van der Waals surface area contributed by atoms with Crippen LogP contribution in [0.3, 0.4) is 0 Å². The molecule has 1 N–H and O–H groups in total. The molecule has 0 spiro atoms. The fourth-order valence-electron chi connectivity index (χ4n) is 2.26. The summed E-state index contributed by atoms with van der Waals surface area (Å²) in [5.41, 5.74) is 3.55. The first kappa shape index (κ1) is 12.4. The highest BCUT2D eigenvalue weighted by atomic mass is 16.4. The number of carboxylic acids is 1. The van der Waals surface area contributed by atoms with Gasteiger partial charge in [0.1, 0.15) is 5.69 Å². The number of hydrogen-bond donors (Lipinski definition) is 1. The number of hydrogen-bond acceptors (Lipinski definition) is 3. The van der Waals surface area contributed by atoms with Gasteiger partial charge < -0.3 is 9.52 Å². The summed E-state index contributed by atoms with van der Waals surface area (Å²) in [7, 11) is 0. The Morgan fingerprint density at radius 3 is 2.70 bits per heavy atom. The highest BCUT2D eigenvalue weighted by molar-refractivity contribution is 6.04. The SMILES string of the molecule is Cc1ccc2c(C(=O)O)cc(-c3ccco3)nc2c1C. The highest BCUT2D eigenvalue weighted by Crippen LogP contribution is 2.28. The molecule has 0 atom stereocenters. The first-order chi connectivity index (χ1) is 9.58. The van der Waals surface area contributed by atoms with Gasteiger partial charge in [0, 0.05) is 5.39 Å². The quantitative estimate of drug-likeness (QED) is 0.766.